The Bertz CT molecular complexity index is 927. The van der Waals surface area contributed by atoms with Crippen molar-refractivity contribution in [2.24, 2.45) is 0 Å². The van der Waals surface area contributed by atoms with Gasteiger partial charge in [-0.25, -0.2) is 0 Å². The average Bonchev–Trinajstić information content (AvgIpc) is 3.21. The Balaban J connectivity index is 4.31. The lowest BCUT2D eigenvalue weighted by Crippen LogP contribution is -2.30. The Morgan fingerprint density at radius 3 is 0.930 bits per heavy atom. The van der Waals surface area contributed by atoms with E-state index in [1.54, 1.807) is 0 Å². The fourth-order valence-corrected chi connectivity index (χ4v) is 7.12. The van der Waals surface area contributed by atoms with Crippen LogP contribution in [0.25, 0.3) is 0 Å². The molecule has 0 aromatic heterocycles. The first-order valence-corrected chi connectivity index (χ1v) is 24.8. The van der Waals surface area contributed by atoms with Crippen LogP contribution in [0.2, 0.25) is 0 Å². The Morgan fingerprint density at radius 2 is 0.596 bits per heavy atom. The molecule has 0 saturated carbocycles. The second-order valence-corrected chi connectivity index (χ2v) is 16.7. The van der Waals surface area contributed by atoms with E-state index >= 15 is 0 Å². The van der Waals surface area contributed by atoms with Gasteiger partial charge in [0.25, 0.3) is 0 Å². The Hall–Kier alpha value is -2.11. The van der Waals surface area contributed by atoms with Gasteiger partial charge in [0.05, 0.1) is 0 Å². The van der Waals surface area contributed by atoms with Gasteiger partial charge < -0.3 is 14.2 Å². The van der Waals surface area contributed by atoms with E-state index in [9.17, 15) is 14.4 Å². The molecule has 0 rings (SSSR count). The standard InChI is InChI=1S/C51H94O6/c1-4-7-10-13-16-19-22-23-24-25-26-27-30-32-35-38-41-44-50(53)56-47-48(57-51(54)45-42-39-36-33-29-21-18-15-12-9-6-3)46-55-49(52)43-40-37-34-31-28-20-17-14-11-8-5-2/h15,18,23-24,48H,4-14,16-17,19-22,25-47H2,1-3H3/b18-15-,24-23-/t48-/m0/s1. The molecular formula is C51H94O6. The molecule has 0 radical (unpaired) electrons. The normalized spacial score (nSPS) is 12.1. The number of hydrogen-bond donors (Lipinski definition) is 0. The zero-order valence-electron chi connectivity index (χ0n) is 38.1. The van der Waals surface area contributed by atoms with Crippen molar-refractivity contribution in [2.45, 2.75) is 271 Å². The van der Waals surface area contributed by atoms with Crippen LogP contribution in [0.3, 0.4) is 0 Å². The van der Waals surface area contributed by atoms with Crippen LogP contribution in [0, 0.1) is 0 Å². The highest BCUT2D eigenvalue weighted by Gasteiger charge is 2.19. The fraction of sp³-hybridized carbons (Fsp3) is 0.863. The first-order chi connectivity index (χ1) is 28.0. The third-order valence-corrected chi connectivity index (χ3v) is 10.9. The second-order valence-electron chi connectivity index (χ2n) is 16.7. The van der Waals surface area contributed by atoms with Crippen molar-refractivity contribution < 1.29 is 28.6 Å². The molecule has 0 aromatic carbocycles. The van der Waals surface area contributed by atoms with Crippen molar-refractivity contribution in [1.29, 1.82) is 0 Å². The number of esters is 3. The Kier molecular flexibility index (Phi) is 44.9. The molecule has 0 amide bonds. The van der Waals surface area contributed by atoms with Crippen LogP contribution < -0.4 is 0 Å². The molecule has 0 aromatic rings. The van der Waals surface area contributed by atoms with E-state index in [1.165, 1.54) is 154 Å². The molecule has 0 aliphatic heterocycles. The molecule has 0 aliphatic carbocycles. The predicted molar refractivity (Wildman–Crippen MR) is 243 cm³/mol. The van der Waals surface area contributed by atoms with Crippen LogP contribution in [0.15, 0.2) is 24.3 Å². The lowest BCUT2D eigenvalue weighted by atomic mass is 10.1. The summed E-state index contributed by atoms with van der Waals surface area (Å²) in [6.07, 6.45) is 51.6. The molecule has 334 valence electrons. The van der Waals surface area contributed by atoms with Crippen LogP contribution in [0.4, 0.5) is 0 Å². The van der Waals surface area contributed by atoms with Crippen LogP contribution in [0.5, 0.6) is 0 Å². The topological polar surface area (TPSA) is 78.9 Å². The molecule has 6 heteroatoms. The molecule has 1 atom stereocenters. The lowest BCUT2D eigenvalue weighted by molar-refractivity contribution is -0.167. The van der Waals surface area contributed by atoms with Crippen molar-refractivity contribution in [3.63, 3.8) is 0 Å². The first-order valence-electron chi connectivity index (χ1n) is 24.8. The Labute approximate surface area is 353 Å². The molecule has 57 heavy (non-hydrogen) atoms. The number of hydrogen-bond acceptors (Lipinski definition) is 6. The van der Waals surface area contributed by atoms with E-state index < -0.39 is 6.10 Å². The SMILES string of the molecule is CCCC/C=C\CCCCCCCC(=O)O[C@H](COC(=O)CCCCCCCCC/C=C\CCCCCCCC)COC(=O)CCCCCCCCCCCCC. The minimum Gasteiger partial charge on any atom is -0.462 e. The number of rotatable bonds is 45. The monoisotopic (exact) mass is 803 g/mol. The van der Waals surface area contributed by atoms with Gasteiger partial charge in [-0.15, -0.1) is 0 Å². The predicted octanol–water partition coefficient (Wildman–Crippen LogP) is 16.0. The molecule has 0 bridgehead atoms. The van der Waals surface area contributed by atoms with Crippen molar-refractivity contribution in [3.05, 3.63) is 24.3 Å². The summed E-state index contributed by atoms with van der Waals surface area (Å²) >= 11 is 0. The van der Waals surface area contributed by atoms with Gasteiger partial charge in [-0.3, -0.25) is 14.4 Å². The maximum absolute atomic E-state index is 12.7. The van der Waals surface area contributed by atoms with Gasteiger partial charge in [0.15, 0.2) is 6.10 Å². The van der Waals surface area contributed by atoms with Gasteiger partial charge in [0.1, 0.15) is 13.2 Å². The summed E-state index contributed by atoms with van der Waals surface area (Å²) in [5.74, 6) is -0.879. The summed E-state index contributed by atoms with van der Waals surface area (Å²) in [7, 11) is 0. The molecule has 0 unspecified atom stereocenters. The maximum Gasteiger partial charge on any atom is 0.306 e. The van der Waals surface area contributed by atoms with Gasteiger partial charge >= 0.3 is 17.9 Å². The third kappa shape index (κ3) is 44.8. The number of ether oxygens (including phenoxy) is 3. The van der Waals surface area contributed by atoms with Gasteiger partial charge in [-0.2, -0.15) is 0 Å². The highest BCUT2D eigenvalue weighted by Crippen LogP contribution is 2.15. The molecule has 0 saturated heterocycles. The molecule has 0 heterocycles. The summed E-state index contributed by atoms with van der Waals surface area (Å²) in [4.78, 5) is 37.8. The average molecular weight is 803 g/mol. The van der Waals surface area contributed by atoms with Gasteiger partial charge in [0, 0.05) is 19.3 Å². The number of unbranched alkanes of at least 4 members (excludes halogenated alkanes) is 30. The number of carbonyl (C=O) groups excluding carboxylic acids is 3. The highest BCUT2D eigenvalue weighted by molar-refractivity contribution is 5.71. The molecule has 0 aliphatic rings. The van der Waals surface area contributed by atoms with E-state index in [4.69, 9.17) is 14.2 Å². The zero-order valence-corrected chi connectivity index (χ0v) is 38.1. The molecule has 0 fully saturated rings. The minimum atomic E-state index is -0.771. The quantitative estimate of drug-likeness (QED) is 0.0264. The van der Waals surface area contributed by atoms with Crippen molar-refractivity contribution in [3.8, 4) is 0 Å². The van der Waals surface area contributed by atoms with Crippen LogP contribution in [-0.4, -0.2) is 37.2 Å². The van der Waals surface area contributed by atoms with Gasteiger partial charge in [0.2, 0.25) is 0 Å². The van der Waals surface area contributed by atoms with E-state index in [2.05, 4.69) is 45.1 Å². The fourth-order valence-electron chi connectivity index (χ4n) is 7.12. The summed E-state index contributed by atoms with van der Waals surface area (Å²) < 4.78 is 16.7. The van der Waals surface area contributed by atoms with E-state index in [1.807, 2.05) is 0 Å². The second kappa shape index (κ2) is 46.6. The number of carbonyl (C=O) groups is 3. The van der Waals surface area contributed by atoms with Crippen molar-refractivity contribution >= 4 is 17.9 Å². The Morgan fingerprint density at radius 1 is 0.333 bits per heavy atom. The third-order valence-electron chi connectivity index (χ3n) is 10.9. The molecule has 0 N–H and O–H groups in total. The highest BCUT2D eigenvalue weighted by atomic mass is 16.6. The molecular weight excluding hydrogens is 709 g/mol. The number of allylic oxidation sites excluding steroid dienone is 4. The van der Waals surface area contributed by atoms with Crippen LogP contribution in [0.1, 0.15) is 265 Å². The smallest absolute Gasteiger partial charge is 0.306 e. The van der Waals surface area contributed by atoms with Gasteiger partial charge in [-0.1, -0.05) is 206 Å². The summed E-state index contributed by atoms with van der Waals surface area (Å²) in [6, 6.07) is 0. The maximum atomic E-state index is 12.7. The van der Waals surface area contributed by atoms with E-state index in [0.717, 1.165) is 70.6 Å². The first kappa shape index (κ1) is 54.9. The van der Waals surface area contributed by atoms with E-state index in [-0.39, 0.29) is 31.1 Å². The van der Waals surface area contributed by atoms with E-state index in [0.29, 0.717) is 19.3 Å². The molecule has 0 spiro atoms. The van der Waals surface area contributed by atoms with Crippen LogP contribution in [-0.2, 0) is 28.6 Å². The lowest BCUT2D eigenvalue weighted by Gasteiger charge is -2.18. The van der Waals surface area contributed by atoms with Crippen molar-refractivity contribution in [1.82, 2.24) is 0 Å². The van der Waals surface area contributed by atoms with Crippen LogP contribution >= 0.6 is 0 Å². The summed E-state index contributed by atoms with van der Waals surface area (Å²) in [6.45, 7) is 6.59. The zero-order chi connectivity index (χ0) is 41.5. The van der Waals surface area contributed by atoms with Crippen molar-refractivity contribution in [2.75, 3.05) is 13.2 Å². The summed E-state index contributed by atoms with van der Waals surface area (Å²) in [5, 5.41) is 0. The summed E-state index contributed by atoms with van der Waals surface area (Å²) in [5.41, 5.74) is 0. The molecule has 6 nitrogen and oxygen atoms in total. The van der Waals surface area contributed by atoms with Gasteiger partial charge in [-0.05, 0) is 64.2 Å². The largest absolute Gasteiger partial charge is 0.462 e. The minimum absolute atomic E-state index is 0.0728.